The van der Waals surface area contributed by atoms with Crippen molar-refractivity contribution in [2.24, 2.45) is 10.9 Å². The minimum absolute atomic E-state index is 0.554. The molecule has 1 aromatic heterocycles. The number of nitrogens with zero attached hydrogens (tertiary/aromatic N) is 1. The van der Waals surface area contributed by atoms with Crippen LogP contribution >= 0.6 is 11.3 Å². The van der Waals surface area contributed by atoms with Crippen LogP contribution in [-0.4, -0.2) is 18.9 Å². The molecule has 2 aliphatic rings. The highest BCUT2D eigenvalue weighted by Gasteiger charge is 2.30. The fraction of sp³-hybridized carbons (Fsp3) is 0.643. The Bertz CT molecular complexity index is 377. The average Bonchev–Trinajstić information content (AvgIpc) is 3.04. The van der Waals surface area contributed by atoms with Gasteiger partial charge in [-0.25, -0.2) is 0 Å². The molecule has 1 aliphatic carbocycles. The maximum absolute atomic E-state index is 4.68. The van der Waals surface area contributed by atoms with Crippen LogP contribution in [0.2, 0.25) is 0 Å². The van der Waals surface area contributed by atoms with Gasteiger partial charge in [0.25, 0.3) is 0 Å². The molecule has 1 atom stereocenters. The van der Waals surface area contributed by atoms with E-state index in [-0.39, 0.29) is 0 Å². The van der Waals surface area contributed by atoms with Gasteiger partial charge in [-0.2, -0.15) is 0 Å². The van der Waals surface area contributed by atoms with Crippen molar-refractivity contribution in [3.63, 3.8) is 0 Å². The molecule has 1 saturated carbocycles. The standard InChI is InChI=1S/C14H20N2S/c1-2-5-11(6-3-1)13(12-7-4-10-17-12)14-15-8-9-16-14/h4,7,10-11,13H,1-3,5-6,8-9H2,(H,15,16). The van der Waals surface area contributed by atoms with Crippen molar-refractivity contribution in [3.05, 3.63) is 22.4 Å². The Hall–Kier alpha value is -0.830. The topological polar surface area (TPSA) is 24.4 Å². The van der Waals surface area contributed by atoms with Gasteiger partial charge in [0.1, 0.15) is 5.84 Å². The molecule has 2 nitrogen and oxygen atoms in total. The monoisotopic (exact) mass is 248 g/mol. The van der Waals surface area contributed by atoms with Gasteiger partial charge in [-0.3, -0.25) is 4.99 Å². The molecule has 0 spiro atoms. The second kappa shape index (κ2) is 5.21. The van der Waals surface area contributed by atoms with Crippen LogP contribution in [0, 0.1) is 5.92 Å². The van der Waals surface area contributed by atoms with E-state index in [0.717, 1.165) is 19.0 Å². The van der Waals surface area contributed by atoms with E-state index in [9.17, 15) is 0 Å². The zero-order valence-corrected chi connectivity index (χ0v) is 11.0. The van der Waals surface area contributed by atoms with Gasteiger partial charge in [-0.1, -0.05) is 25.3 Å². The first-order chi connectivity index (χ1) is 8.45. The fourth-order valence-corrected chi connectivity index (χ4v) is 4.07. The summed E-state index contributed by atoms with van der Waals surface area (Å²) < 4.78 is 0. The van der Waals surface area contributed by atoms with Crippen molar-refractivity contribution < 1.29 is 0 Å². The second-order valence-corrected chi connectivity index (χ2v) is 6.06. The number of hydrogen-bond donors (Lipinski definition) is 1. The normalized spacial score (nSPS) is 23.2. The van der Waals surface area contributed by atoms with Crippen LogP contribution in [0.4, 0.5) is 0 Å². The Morgan fingerprint density at radius 2 is 2.18 bits per heavy atom. The maximum atomic E-state index is 4.68. The van der Waals surface area contributed by atoms with E-state index in [1.807, 2.05) is 11.3 Å². The molecule has 17 heavy (non-hydrogen) atoms. The van der Waals surface area contributed by atoms with Crippen LogP contribution in [0.15, 0.2) is 22.5 Å². The third kappa shape index (κ3) is 2.39. The molecular formula is C14H20N2S. The number of amidine groups is 1. The van der Waals surface area contributed by atoms with Crippen molar-refractivity contribution in [1.82, 2.24) is 5.32 Å². The Morgan fingerprint density at radius 3 is 2.82 bits per heavy atom. The van der Waals surface area contributed by atoms with Gasteiger partial charge in [-0.05, 0) is 30.2 Å². The fourth-order valence-electron chi connectivity index (χ4n) is 3.15. The Labute approximate surface area is 107 Å². The van der Waals surface area contributed by atoms with E-state index in [1.165, 1.54) is 42.8 Å². The summed E-state index contributed by atoms with van der Waals surface area (Å²) in [6.45, 7) is 1.99. The molecule has 3 rings (SSSR count). The molecule has 3 heteroatoms. The highest BCUT2D eigenvalue weighted by Crippen LogP contribution is 2.38. The SMILES string of the molecule is c1csc(C(C2=NCCN2)C2CCCCC2)c1. The Kier molecular flexibility index (Phi) is 3.46. The number of hydrogen-bond acceptors (Lipinski definition) is 3. The summed E-state index contributed by atoms with van der Waals surface area (Å²) in [6, 6.07) is 4.46. The summed E-state index contributed by atoms with van der Waals surface area (Å²) in [5.41, 5.74) is 0. The van der Waals surface area contributed by atoms with E-state index < -0.39 is 0 Å². The summed E-state index contributed by atoms with van der Waals surface area (Å²) in [4.78, 5) is 6.18. The molecule has 1 aliphatic heterocycles. The zero-order valence-electron chi connectivity index (χ0n) is 10.2. The van der Waals surface area contributed by atoms with Gasteiger partial charge in [0, 0.05) is 11.4 Å². The zero-order chi connectivity index (χ0) is 11.5. The predicted octanol–water partition coefficient (Wildman–Crippen LogP) is 3.41. The number of thiophene rings is 1. The van der Waals surface area contributed by atoms with Crippen molar-refractivity contribution in [2.45, 2.75) is 38.0 Å². The molecule has 0 aromatic carbocycles. The van der Waals surface area contributed by atoms with Crippen LogP contribution in [0.5, 0.6) is 0 Å². The second-order valence-electron chi connectivity index (χ2n) is 5.08. The van der Waals surface area contributed by atoms with Gasteiger partial charge in [-0.15, -0.1) is 11.3 Å². The van der Waals surface area contributed by atoms with Gasteiger partial charge in [0.15, 0.2) is 0 Å². The molecule has 92 valence electrons. The van der Waals surface area contributed by atoms with Gasteiger partial charge in [0.05, 0.1) is 12.5 Å². The third-order valence-electron chi connectivity index (χ3n) is 3.97. The Balaban J connectivity index is 1.85. The molecule has 1 unspecified atom stereocenters. The van der Waals surface area contributed by atoms with E-state index >= 15 is 0 Å². The van der Waals surface area contributed by atoms with Gasteiger partial charge >= 0.3 is 0 Å². The summed E-state index contributed by atoms with van der Waals surface area (Å²) in [6.07, 6.45) is 6.99. The third-order valence-corrected chi connectivity index (χ3v) is 4.92. The minimum Gasteiger partial charge on any atom is -0.371 e. The first-order valence-electron chi connectivity index (χ1n) is 6.77. The van der Waals surface area contributed by atoms with Crippen molar-refractivity contribution in [2.75, 3.05) is 13.1 Å². The smallest absolute Gasteiger partial charge is 0.105 e. The summed E-state index contributed by atoms with van der Waals surface area (Å²) in [5, 5.41) is 5.69. The summed E-state index contributed by atoms with van der Waals surface area (Å²) in [5.74, 6) is 2.63. The summed E-state index contributed by atoms with van der Waals surface area (Å²) in [7, 11) is 0. The largest absolute Gasteiger partial charge is 0.371 e. The van der Waals surface area contributed by atoms with E-state index in [4.69, 9.17) is 0 Å². The molecule has 1 fully saturated rings. The molecule has 0 radical (unpaired) electrons. The lowest BCUT2D eigenvalue weighted by molar-refractivity contribution is 0.341. The maximum Gasteiger partial charge on any atom is 0.105 e. The molecule has 0 amide bonds. The quantitative estimate of drug-likeness (QED) is 0.871. The first kappa shape index (κ1) is 11.3. The van der Waals surface area contributed by atoms with Crippen LogP contribution < -0.4 is 5.32 Å². The lowest BCUT2D eigenvalue weighted by atomic mass is 9.78. The lowest BCUT2D eigenvalue weighted by Gasteiger charge is -2.29. The van der Waals surface area contributed by atoms with Gasteiger partial charge < -0.3 is 5.32 Å². The van der Waals surface area contributed by atoms with E-state index in [1.54, 1.807) is 0 Å². The van der Waals surface area contributed by atoms with Crippen molar-refractivity contribution in [1.29, 1.82) is 0 Å². The van der Waals surface area contributed by atoms with E-state index in [2.05, 4.69) is 27.8 Å². The van der Waals surface area contributed by atoms with Gasteiger partial charge in [0.2, 0.25) is 0 Å². The average molecular weight is 248 g/mol. The first-order valence-corrected chi connectivity index (χ1v) is 7.65. The minimum atomic E-state index is 0.554. The molecule has 2 heterocycles. The molecule has 1 aromatic rings. The van der Waals surface area contributed by atoms with Crippen LogP contribution in [0.3, 0.4) is 0 Å². The number of aliphatic imine (C=N–C) groups is 1. The van der Waals surface area contributed by atoms with Crippen LogP contribution in [0.25, 0.3) is 0 Å². The van der Waals surface area contributed by atoms with Crippen LogP contribution in [0.1, 0.15) is 42.9 Å². The van der Waals surface area contributed by atoms with E-state index in [0.29, 0.717) is 5.92 Å². The number of nitrogens with one attached hydrogen (secondary N) is 1. The van der Waals surface area contributed by atoms with Crippen molar-refractivity contribution in [3.8, 4) is 0 Å². The molecule has 0 bridgehead atoms. The van der Waals surface area contributed by atoms with Crippen LogP contribution in [-0.2, 0) is 0 Å². The Morgan fingerprint density at radius 1 is 1.29 bits per heavy atom. The molecule has 1 N–H and O–H groups in total. The summed E-state index contributed by atoms with van der Waals surface area (Å²) >= 11 is 1.89. The highest BCUT2D eigenvalue weighted by molar-refractivity contribution is 7.10. The molecule has 0 saturated heterocycles. The van der Waals surface area contributed by atoms with Crippen molar-refractivity contribution >= 4 is 17.2 Å². The highest BCUT2D eigenvalue weighted by atomic mass is 32.1. The number of rotatable bonds is 3. The predicted molar refractivity (Wildman–Crippen MR) is 73.9 cm³/mol. The lowest BCUT2D eigenvalue weighted by Crippen LogP contribution is -2.31. The molecular weight excluding hydrogens is 228 g/mol.